The van der Waals surface area contributed by atoms with E-state index in [0.717, 1.165) is 11.1 Å². The van der Waals surface area contributed by atoms with Crippen LogP contribution >= 0.6 is 15.9 Å². The molecule has 0 aliphatic rings. The van der Waals surface area contributed by atoms with E-state index in [-0.39, 0.29) is 18.1 Å². The highest BCUT2D eigenvalue weighted by molar-refractivity contribution is 9.10. The van der Waals surface area contributed by atoms with Gasteiger partial charge in [-0.2, -0.15) is 0 Å². The molecule has 0 fully saturated rings. The van der Waals surface area contributed by atoms with Gasteiger partial charge in [0.25, 0.3) is 5.91 Å². The molecular formula is C24H23BrN2O5. The predicted molar refractivity (Wildman–Crippen MR) is 127 cm³/mol. The highest BCUT2D eigenvalue weighted by Gasteiger charge is 2.14. The molecule has 7 nitrogen and oxygen atoms in total. The average Bonchev–Trinajstić information content (AvgIpc) is 2.76. The van der Waals surface area contributed by atoms with Crippen LogP contribution in [0.2, 0.25) is 0 Å². The number of amides is 1. The van der Waals surface area contributed by atoms with Gasteiger partial charge in [0, 0.05) is 17.9 Å². The monoisotopic (exact) mass is 498 g/mol. The lowest BCUT2D eigenvalue weighted by Crippen LogP contribution is -2.20. The van der Waals surface area contributed by atoms with Crippen LogP contribution < -0.4 is 20.1 Å². The van der Waals surface area contributed by atoms with E-state index in [1.54, 1.807) is 24.3 Å². The summed E-state index contributed by atoms with van der Waals surface area (Å²) in [4.78, 5) is 23.4. The maximum Gasteiger partial charge on any atom is 0.335 e. The second-order valence-electron chi connectivity index (χ2n) is 7.05. The van der Waals surface area contributed by atoms with E-state index >= 15 is 0 Å². The lowest BCUT2D eigenvalue weighted by Gasteiger charge is -2.15. The number of halogens is 1. The number of carbonyl (C=O) groups excluding carboxylic acids is 1. The van der Waals surface area contributed by atoms with Gasteiger partial charge in [0.15, 0.2) is 18.1 Å². The Hall–Kier alpha value is -3.52. The minimum Gasteiger partial charge on any atom is -0.493 e. The molecule has 3 rings (SSSR count). The first-order chi connectivity index (χ1) is 15.4. The molecule has 32 heavy (non-hydrogen) atoms. The Morgan fingerprint density at radius 2 is 1.78 bits per heavy atom. The molecule has 0 aromatic heterocycles. The van der Waals surface area contributed by atoms with Gasteiger partial charge in [-0.15, -0.1) is 0 Å². The van der Waals surface area contributed by atoms with Crippen LogP contribution in [0, 0.1) is 6.92 Å². The van der Waals surface area contributed by atoms with Crippen molar-refractivity contribution < 1.29 is 24.2 Å². The van der Waals surface area contributed by atoms with Gasteiger partial charge >= 0.3 is 5.97 Å². The maximum absolute atomic E-state index is 12.3. The number of carboxylic acid groups (broad SMARTS) is 1. The molecule has 0 spiro atoms. The molecule has 3 aromatic carbocycles. The number of carbonyl (C=O) groups is 2. The quantitative estimate of drug-likeness (QED) is 0.380. The van der Waals surface area contributed by atoms with Crippen LogP contribution in [0.1, 0.15) is 21.5 Å². The summed E-state index contributed by atoms with van der Waals surface area (Å²) in [5.41, 5.74) is 3.53. The van der Waals surface area contributed by atoms with E-state index < -0.39 is 5.97 Å². The van der Waals surface area contributed by atoms with E-state index in [0.29, 0.717) is 33.9 Å². The number of hydrogen-bond acceptors (Lipinski definition) is 5. The number of hydrogen-bond donors (Lipinski definition) is 3. The third-order valence-corrected chi connectivity index (χ3v) is 5.13. The summed E-state index contributed by atoms with van der Waals surface area (Å²) in [6.07, 6.45) is 0. The zero-order valence-corrected chi connectivity index (χ0v) is 19.2. The van der Waals surface area contributed by atoms with Gasteiger partial charge in [-0.3, -0.25) is 4.79 Å². The number of nitrogens with one attached hydrogen (secondary N) is 2. The Labute approximate surface area is 194 Å². The second-order valence-corrected chi connectivity index (χ2v) is 7.91. The number of rotatable bonds is 9. The van der Waals surface area contributed by atoms with Crippen LogP contribution in [0.25, 0.3) is 0 Å². The van der Waals surface area contributed by atoms with Crippen LogP contribution in [-0.4, -0.2) is 30.7 Å². The number of methoxy groups -OCH3 is 1. The maximum atomic E-state index is 12.3. The first-order valence-corrected chi connectivity index (χ1v) is 10.6. The van der Waals surface area contributed by atoms with Gasteiger partial charge in [-0.1, -0.05) is 18.2 Å². The third kappa shape index (κ3) is 6.24. The van der Waals surface area contributed by atoms with E-state index in [1.807, 2.05) is 37.3 Å². The van der Waals surface area contributed by atoms with E-state index in [1.165, 1.54) is 13.2 Å². The average molecular weight is 499 g/mol. The van der Waals surface area contributed by atoms with Crippen molar-refractivity contribution in [3.05, 3.63) is 81.8 Å². The van der Waals surface area contributed by atoms with Crippen molar-refractivity contribution in [1.29, 1.82) is 0 Å². The molecule has 0 atom stereocenters. The Bertz CT molecular complexity index is 1130. The highest BCUT2D eigenvalue weighted by atomic mass is 79.9. The molecule has 0 unspecified atom stereocenters. The summed E-state index contributed by atoms with van der Waals surface area (Å²) < 4.78 is 11.8. The molecule has 0 saturated carbocycles. The summed E-state index contributed by atoms with van der Waals surface area (Å²) in [6, 6.07) is 17.7. The normalized spacial score (nSPS) is 10.3. The Balaban J connectivity index is 1.65. The molecule has 1 amide bonds. The van der Waals surface area contributed by atoms with Crippen LogP contribution in [0.5, 0.6) is 11.5 Å². The fourth-order valence-electron chi connectivity index (χ4n) is 3.04. The van der Waals surface area contributed by atoms with E-state index in [9.17, 15) is 9.59 Å². The molecule has 3 N–H and O–H groups in total. The Morgan fingerprint density at radius 3 is 2.50 bits per heavy atom. The largest absolute Gasteiger partial charge is 0.493 e. The lowest BCUT2D eigenvalue weighted by molar-refractivity contribution is -0.118. The second kappa shape index (κ2) is 10.7. The molecule has 0 heterocycles. The van der Waals surface area contributed by atoms with Gasteiger partial charge in [-0.25, -0.2) is 4.79 Å². The van der Waals surface area contributed by atoms with Gasteiger partial charge < -0.3 is 25.2 Å². The number of benzene rings is 3. The molecule has 0 aliphatic heterocycles. The zero-order chi connectivity index (χ0) is 23.1. The highest BCUT2D eigenvalue weighted by Crippen LogP contribution is 2.37. The van der Waals surface area contributed by atoms with Crippen molar-refractivity contribution in [2.45, 2.75) is 13.5 Å². The smallest absolute Gasteiger partial charge is 0.335 e. The summed E-state index contributed by atoms with van der Waals surface area (Å²) in [5.74, 6) is -0.373. The predicted octanol–water partition coefficient (Wildman–Crippen LogP) is 5.09. The molecule has 0 radical (unpaired) electrons. The van der Waals surface area contributed by atoms with Crippen molar-refractivity contribution in [1.82, 2.24) is 0 Å². The van der Waals surface area contributed by atoms with E-state index in [2.05, 4.69) is 26.6 Å². The van der Waals surface area contributed by atoms with Crippen molar-refractivity contribution in [3.63, 3.8) is 0 Å². The van der Waals surface area contributed by atoms with Gasteiger partial charge in [-0.05, 0) is 76.4 Å². The third-order valence-electron chi connectivity index (χ3n) is 4.54. The molecule has 8 heteroatoms. The van der Waals surface area contributed by atoms with Crippen molar-refractivity contribution in [2.24, 2.45) is 0 Å². The topological polar surface area (TPSA) is 96.9 Å². The number of ether oxygens (including phenoxy) is 2. The van der Waals surface area contributed by atoms with Gasteiger partial charge in [0.2, 0.25) is 0 Å². The molecule has 166 valence electrons. The first-order valence-electron chi connectivity index (χ1n) is 9.78. The number of anilines is 2. The Kier molecular flexibility index (Phi) is 7.72. The number of carboxylic acids is 1. The van der Waals surface area contributed by atoms with Crippen LogP contribution in [0.3, 0.4) is 0 Å². The minimum atomic E-state index is -0.981. The minimum absolute atomic E-state index is 0.178. The van der Waals surface area contributed by atoms with Crippen LogP contribution in [0.4, 0.5) is 11.4 Å². The lowest BCUT2D eigenvalue weighted by atomic mass is 10.1. The first kappa shape index (κ1) is 23.1. The van der Waals surface area contributed by atoms with Gasteiger partial charge in [0.05, 0.1) is 17.1 Å². The molecule has 0 bridgehead atoms. The van der Waals surface area contributed by atoms with E-state index in [4.69, 9.17) is 14.6 Å². The number of aromatic carboxylic acids is 1. The molecule has 3 aromatic rings. The summed E-state index contributed by atoms with van der Waals surface area (Å²) in [7, 11) is 1.52. The SMILES string of the molecule is COc1cc(CNc2cccc(C(=O)O)c2)cc(Br)c1OCC(=O)Nc1cccc(C)c1. The fraction of sp³-hybridized carbons (Fsp3) is 0.167. The van der Waals surface area contributed by atoms with Crippen molar-refractivity contribution >= 4 is 39.2 Å². The number of aryl methyl sites for hydroxylation is 1. The molecule has 0 saturated heterocycles. The zero-order valence-electron chi connectivity index (χ0n) is 17.6. The summed E-state index contributed by atoms with van der Waals surface area (Å²) >= 11 is 3.48. The standard InChI is InChI=1S/C24H23BrN2O5/c1-15-5-3-8-19(9-15)27-22(28)14-32-23-20(25)10-16(11-21(23)31-2)13-26-18-7-4-6-17(12-18)24(29)30/h3-12,26H,13-14H2,1-2H3,(H,27,28)(H,29,30). The van der Waals surface area contributed by atoms with Crippen molar-refractivity contribution in [3.8, 4) is 11.5 Å². The fourth-order valence-corrected chi connectivity index (χ4v) is 3.64. The van der Waals surface area contributed by atoms with Crippen molar-refractivity contribution in [2.75, 3.05) is 24.4 Å². The molecule has 0 aliphatic carbocycles. The summed E-state index contributed by atoms with van der Waals surface area (Å²) in [5, 5.41) is 15.1. The van der Waals surface area contributed by atoms with Crippen LogP contribution in [-0.2, 0) is 11.3 Å². The summed E-state index contributed by atoms with van der Waals surface area (Å²) in [6.45, 7) is 2.21. The Morgan fingerprint density at radius 1 is 1.03 bits per heavy atom. The molecular weight excluding hydrogens is 476 g/mol. The van der Waals surface area contributed by atoms with Gasteiger partial charge in [0.1, 0.15) is 0 Å². The van der Waals surface area contributed by atoms with Crippen LogP contribution in [0.15, 0.2) is 65.1 Å².